The average Bonchev–Trinajstić information content (AvgIpc) is 2.59. The Hall–Kier alpha value is -0.890. The predicted octanol–water partition coefficient (Wildman–Crippen LogP) is 6.80. The maximum Gasteiger partial charge on any atom is 0.159 e. The maximum atomic E-state index is 13.4. The fourth-order valence-corrected chi connectivity index (χ4v) is 4.81. The fraction of sp³-hybridized carbons (Fsp3) is 0.600. The van der Waals surface area contributed by atoms with E-state index < -0.39 is 11.6 Å². The van der Waals surface area contributed by atoms with Gasteiger partial charge < -0.3 is 0 Å². The van der Waals surface area contributed by atoms with Gasteiger partial charge in [0.25, 0.3) is 0 Å². The molecule has 23 heavy (non-hydrogen) atoms. The van der Waals surface area contributed by atoms with E-state index in [0.29, 0.717) is 11.8 Å². The lowest BCUT2D eigenvalue weighted by atomic mass is 9.68. The van der Waals surface area contributed by atoms with Crippen molar-refractivity contribution < 1.29 is 8.78 Å². The van der Waals surface area contributed by atoms with Crippen LogP contribution in [-0.2, 0) is 0 Å². The lowest BCUT2D eigenvalue weighted by molar-refractivity contribution is 0.171. The van der Waals surface area contributed by atoms with Crippen molar-refractivity contribution >= 4 is 11.6 Å². The Balaban J connectivity index is 1.51. The fourth-order valence-electron chi connectivity index (χ4n) is 4.60. The summed E-state index contributed by atoms with van der Waals surface area (Å²) >= 11 is 5.68. The van der Waals surface area contributed by atoms with E-state index in [4.69, 9.17) is 11.6 Å². The highest BCUT2D eigenvalue weighted by atomic mass is 35.5. The van der Waals surface area contributed by atoms with Crippen molar-refractivity contribution in [2.75, 3.05) is 0 Å². The third kappa shape index (κ3) is 4.15. The Bertz CT molecular complexity index is 539. The molecule has 1 aromatic rings. The predicted molar refractivity (Wildman–Crippen MR) is 91.5 cm³/mol. The summed E-state index contributed by atoms with van der Waals surface area (Å²) in [5.41, 5.74) is 2.64. The van der Waals surface area contributed by atoms with Crippen LogP contribution in [0.1, 0.15) is 62.8 Å². The number of allylic oxidation sites excluding steroid dienone is 1. The first-order valence-corrected chi connectivity index (χ1v) is 9.33. The molecule has 0 nitrogen and oxygen atoms in total. The molecule has 3 heteroatoms. The van der Waals surface area contributed by atoms with E-state index in [1.807, 2.05) is 0 Å². The smallest absolute Gasteiger partial charge is 0.159 e. The minimum Gasteiger partial charge on any atom is -0.204 e. The largest absolute Gasteiger partial charge is 0.204 e. The van der Waals surface area contributed by atoms with Gasteiger partial charge >= 0.3 is 0 Å². The third-order valence-electron chi connectivity index (χ3n) is 6.01. The Morgan fingerprint density at radius 3 is 2.00 bits per heavy atom. The quantitative estimate of drug-likeness (QED) is 0.568. The zero-order valence-electron chi connectivity index (χ0n) is 13.5. The molecule has 2 fully saturated rings. The molecule has 2 saturated carbocycles. The molecule has 0 aliphatic heterocycles. The van der Waals surface area contributed by atoms with E-state index in [1.165, 1.54) is 50.7 Å². The molecule has 1 aromatic carbocycles. The van der Waals surface area contributed by atoms with Crippen molar-refractivity contribution in [2.24, 2.45) is 17.8 Å². The molecular weight excluding hydrogens is 314 g/mol. The van der Waals surface area contributed by atoms with Crippen LogP contribution in [-0.4, -0.2) is 0 Å². The van der Waals surface area contributed by atoms with E-state index in [-0.39, 0.29) is 0 Å². The number of halogens is 3. The molecule has 2 aliphatic carbocycles. The van der Waals surface area contributed by atoms with Crippen LogP contribution < -0.4 is 0 Å². The Morgan fingerprint density at radius 2 is 1.43 bits per heavy atom. The van der Waals surface area contributed by atoms with Crippen molar-refractivity contribution in [3.05, 3.63) is 47.0 Å². The number of hydrogen-bond acceptors (Lipinski definition) is 0. The normalized spacial score (nSPS) is 32.3. The summed E-state index contributed by atoms with van der Waals surface area (Å²) in [7, 11) is 0. The molecule has 0 saturated heterocycles. The first-order valence-electron chi connectivity index (χ1n) is 8.89. The summed E-state index contributed by atoms with van der Waals surface area (Å²) in [5.74, 6) is 1.28. The van der Waals surface area contributed by atoms with Gasteiger partial charge in [-0.2, -0.15) is 0 Å². The van der Waals surface area contributed by atoms with E-state index in [1.54, 1.807) is 11.6 Å². The first kappa shape index (κ1) is 17.0. The minimum atomic E-state index is -0.745. The summed E-state index contributed by atoms with van der Waals surface area (Å²) < 4.78 is 26.5. The highest BCUT2D eigenvalue weighted by molar-refractivity contribution is 6.25. The zero-order valence-corrected chi connectivity index (χ0v) is 14.2. The molecule has 0 spiro atoms. The first-order chi connectivity index (χ1) is 11.2. The van der Waals surface area contributed by atoms with Crippen LogP contribution >= 0.6 is 11.6 Å². The van der Waals surface area contributed by atoms with Crippen molar-refractivity contribution in [3.8, 4) is 0 Å². The van der Waals surface area contributed by atoms with Crippen LogP contribution in [0.4, 0.5) is 8.78 Å². The lowest BCUT2D eigenvalue weighted by Crippen LogP contribution is -2.25. The van der Waals surface area contributed by atoms with Gasteiger partial charge in [0, 0.05) is 5.54 Å². The molecule has 3 rings (SSSR count). The van der Waals surface area contributed by atoms with Gasteiger partial charge in [-0.05, 0) is 92.7 Å². The third-order valence-corrected chi connectivity index (χ3v) is 6.16. The molecule has 0 unspecified atom stereocenters. The lowest BCUT2D eigenvalue weighted by Gasteiger charge is -2.37. The average molecular weight is 339 g/mol. The van der Waals surface area contributed by atoms with Crippen LogP contribution in [0.25, 0.3) is 0 Å². The molecule has 0 aromatic heterocycles. The summed E-state index contributed by atoms with van der Waals surface area (Å²) in [5, 5.41) is 0. The highest BCUT2D eigenvalue weighted by Crippen LogP contribution is 2.44. The summed E-state index contributed by atoms with van der Waals surface area (Å²) in [6.45, 7) is 0. The zero-order chi connectivity index (χ0) is 16.2. The molecule has 0 atom stereocenters. The molecule has 0 heterocycles. The molecule has 0 amide bonds. The molecule has 0 bridgehead atoms. The van der Waals surface area contributed by atoms with Gasteiger partial charge in [0.1, 0.15) is 0 Å². The van der Waals surface area contributed by atoms with Gasteiger partial charge in [-0.15, -0.1) is 0 Å². The summed E-state index contributed by atoms with van der Waals surface area (Å²) in [6.07, 6.45) is 12.0. The van der Waals surface area contributed by atoms with Crippen LogP contribution in [0.2, 0.25) is 0 Å². The van der Waals surface area contributed by atoms with E-state index in [0.717, 1.165) is 30.2 Å². The number of rotatable bonds is 3. The van der Waals surface area contributed by atoms with Gasteiger partial charge in [0.15, 0.2) is 11.6 Å². The van der Waals surface area contributed by atoms with Gasteiger partial charge in [-0.3, -0.25) is 0 Å². The van der Waals surface area contributed by atoms with Gasteiger partial charge in [-0.1, -0.05) is 23.7 Å². The minimum absolute atomic E-state index is 0.400. The second-order valence-electron chi connectivity index (χ2n) is 7.28. The number of benzene rings is 1. The Kier molecular flexibility index (Phi) is 5.74. The molecule has 0 N–H and O–H groups in total. The van der Waals surface area contributed by atoms with Gasteiger partial charge in [-0.25, -0.2) is 8.78 Å². The van der Waals surface area contributed by atoms with E-state index in [2.05, 4.69) is 6.08 Å². The Labute approximate surface area is 142 Å². The van der Waals surface area contributed by atoms with Crippen molar-refractivity contribution in [2.45, 2.75) is 57.3 Å². The summed E-state index contributed by atoms with van der Waals surface area (Å²) in [6, 6.07) is 4.42. The van der Waals surface area contributed by atoms with Crippen LogP contribution in [0, 0.1) is 29.4 Å². The maximum absolute atomic E-state index is 13.4. The monoisotopic (exact) mass is 338 g/mol. The van der Waals surface area contributed by atoms with Crippen LogP contribution in [0.3, 0.4) is 0 Å². The second-order valence-corrected chi connectivity index (χ2v) is 7.53. The SMILES string of the molecule is Fc1ccc(C2CCC([C@H]3CC[C@H](/C=C/Cl)CC3)CC2)cc1F. The topological polar surface area (TPSA) is 0 Å². The summed E-state index contributed by atoms with van der Waals surface area (Å²) in [4.78, 5) is 0. The van der Waals surface area contributed by atoms with Crippen molar-refractivity contribution in [3.63, 3.8) is 0 Å². The highest BCUT2D eigenvalue weighted by Gasteiger charge is 2.30. The van der Waals surface area contributed by atoms with E-state index >= 15 is 0 Å². The number of hydrogen-bond donors (Lipinski definition) is 0. The Morgan fingerprint density at radius 1 is 0.826 bits per heavy atom. The standard InChI is InChI=1S/C20H25ClF2/c21-12-11-14-1-3-15(4-2-14)16-5-7-17(8-6-16)18-9-10-19(22)20(23)13-18/h9-17H,1-8H2/b12-11+/t14-,15-,16?,17?. The van der Waals surface area contributed by atoms with E-state index in [9.17, 15) is 8.78 Å². The van der Waals surface area contributed by atoms with Crippen molar-refractivity contribution in [1.29, 1.82) is 0 Å². The van der Waals surface area contributed by atoms with Crippen LogP contribution in [0.15, 0.2) is 29.8 Å². The van der Waals surface area contributed by atoms with Crippen LogP contribution in [0.5, 0.6) is 0 Å². The molecular formula is C20H25ClF2. The van der Waals surface area contributed by atoms with Crippen molar-refractivity contribution in [1.82, 2.24) is 0 Å². The van der Waals surface area contributed by atoms with Gasteiger partial charge in [0.2, 0.25) is 0 Å². The van der Waals surface area contributed by atoms with Gasteiger partial charge in [0.05, 0.1) is 0 Å². The molecule has 2 aliphatic rings. The molecule has 0 radical (unpaired) electrons. The molecule has 126 valence electrons. The second kappa shape index (κ2) is 7.79.